The van der Waals surface area contributed by atoms with Crippen molar-refractivity contribution in [1.82, 2.24) is 5.32 Å². The third-order valence-electron chi connectivity index (χ3n) is 7.28. The standard InChI is InChI=1S/C26H26ClN3O2S/c27-22-10-20(6-5-19(22)14-28)29-25(32)21-3-1-2-4-23(21)33-15-24(31)30-26-11-16-7-17(12-26)9-18(8-16)13-26/h1-6,10,16-18H,7-9,11-13,15H2,(H,29,32)(H,30,31). The van der Waals surface area contributed by atoms with Gasteiger partial charge in [0.2, 0.25) is 5.91 Å². The minimum atomic E-state index is -0.277. The molecule has 4 saturated carbocycles. The maximum Gasteiger partial charge on any atom is 0.256 e. The number of nitrogens with one attached hydrogen (secondary N) is 2. The van der Waals surface area contributed by atoms with E-state index in [-0.39, 0.29) is 23.1 Å². The molecule has 2 amide bonds. The van der Waals surface area contributed by atoms with Crippen LogP contribution in [0.25, 0.3) is 0 Å². The summed E-state index contributed by atoms with van der Waals surface area (Å²) in [4.78, 5) is 26.6. The predicted molar refractivity (Wildman–Crippen MR) is 130 cm³/mol. The molecule has 6 rings (SSSR count). The molecular weight excluding hydrogens is 454 g/mol. The van der Waals surface area contributed by atoms with Gasteiger partial charge in [-0.1, -0.05) is 23.7 Å². The van der Waals surface area contributed by atoms with Crippen molar-refractivity contribution in [2.45, 2.75) is 49.0 Å². The van der Waals surface area contributed by atoms with Gasteiger partial charge in [-0.15, -0.1) is 11.8 Å². The van der Waals surface area contributed by atoms with Crippen molar-refractivity contribution >= 4 is 40.9 Å². The zero-order chi connectivity index (χ0) is 23.0. The van der Waals surface area contributed by atoms with Crippen molar-refractivity contribution in [3.05, 3.63) is 58.6 Å². The molecule has 0 aromatic heterocycles. The Morgan fingerprint density at radius 3 is 2.36 bits per heavy atom. The molecule has 0 aliphatic heterocycles. The van der Waals surface area contributed by atoms with Crippen LogP contribution >= 0.6 is 23.4 Å². The zero-order valence-electron chi connectivity index (χ0n) is 18.3. The molecule has 7 heteroatoms. The van der Waals surface area contributed by atoms with Crippen LogP contribution < -0.4 is 10.6 Å². The molecule has 0 unspecified atom stereocenters. The summed E-state index contributed by atoms with van der Waals surface area (Å²) in [6, 6.07) is 14.1. The van der Waals surface area contributed by atoms with E-state index in [1.165, 1.54) is 31.0 Å². The van der Waals surface area contributed by atoms with E-state index in [1.54, 1.807) is 30.3 Å². The first-order valence-corrected chi connectivity index (χ1v) is 12.8. The minimum absolute atomic E-state index is 0.00184. The van der Waals surface area contributed by atoms with Crippen LogP contribution in [0.1, 0.15) is 54.4 Å². The molecule has 0 heterocycles. The summed E-state index contributed by atoms with van der Waals surface area (Å²) in [5, 5.41) is 15.5. The van der Waals surface area contributed by atoms with Gasteiger partial charge in [-0.2, -0.15) is 5.26 Å². The Hall–Kier alpha value is -2.49. The Kier molecular flexibility index (Phi) is 6.11. The van der Waals surface area contributed by atoms with Gasteiger partial charge in [0, 0.05) is 16.1 Å². The number of benzene rings is 2. The second-order valence-corrected chi connectivity index (χ2v) is 11.2. The summed E-state index contributed by atoms with van der Waals surface area (Å²) in [5.74, 6) is 2.41. The average molecular weight is 480 g/mol. The zero-order valence-corrected chi connectivity index (χ0v) is 19.8. The van der Waals surface area contributed by atoms with Gasteiger partial charge in [0.1, 0.15) is 6.07 Å². The number of thioether (sulfide) groups is 1. The number of carbonyl (C=O) groups excluding carboxylic acids is 2. The SMILES string of the molecule is N#Cc1ccc(NC(=O)c2ccccc2SCC(=O)NC23CC4CC(CC(C4)C2)C3)cc1Cl. The van der Waals surface area contributed by atoms with E-state index in [1.807, 2.05) is 18.2 Å². The lowest BCUT2D eigenvalue weighted by Gasteiger charge is -2.56. The molecule has 2 aromatic rings. The largest absolute Gasteiger partial charge is 0.350 e. The fourth-order valence-electron chi connectivity index (χ4n) is 6.40. The molecule has 0 radical (unpaired) electrons. The lowest BCUT2D eigenvalue weighted by molar-refractivity contribution is -0.124. The average Bonchev–Trinajstić information content (AvgIpc) is 2.77. The fourth-order valence-corrected chi connectivity index (χ4v) is 7.47. The maximum absolute atomic E-state index is 12.9. The van der Waals surface area contributed by atoms with Crippen molar-refractivity contribution in [3.63, 3.8) is 0 Å². The predicted octanol–water partition coefficient (Wildman–Crippen LogP) is 5.64. The summed E-state index contributed by atoms with van der Waals surface area (Å²) in [6.45, 7) is 0. The van der Waals surface area contributed by atoms with Gasteiger partial charge in [-0.3, -0.25) is 9.59 Å². The normalized spacial score (nSPS) is 27.1. The first kappa shape index (κ1) is 22.3. The van der Waals surface area contributed by atoms with Gasteiger partial charge in [0.05, 0.1) is 21.9 Å². The number of hydrogen-bond acceptors (Lipinski definition) is 4. The van der Waals surface area contributed by atoms with Crippen LogP contribution in [0, 0.1) is 29.1 Å². The van der Waals surface area contributed by atoms with Crippen LogP contribution in [0.3, 0.4) is 0 Å². The first-order valence-electron chi connectivity index (χ1n) is 11.5. The van der Waals surface area contributed by atoms with Crippen LogP contribution in [-0.2, 0) is 4.79 Å². The Morgan fingerprint density at radius 2 is 1.73 bits per heavy atom. The van der Waals surface area contributed by atoms with Gasteiger partial charge in [0.25, 0.3) is 5.91 Å². The number of halogens is 1. The highest BCUT2D eigenvalue weighted by Crippen LogP contribution is 2.55. The number of amides is 2. The summed E-state index contributed by atoms with van der Waals surface area (Å²) >= 11 is 7.47. The molecular formula is C26H26ClN3O2S. The van der Waals surface area contributed by atoms with Gasteiger partial charge >= 0.3 is 0 Å². The molecule has 0 spiro atoms. The number of nitriles is 1. The van der Waals surface area contributed by atoms with E-state index in [4.69, 9.17) is 16.9 Å². The second kappa shape index (κ2) is 9.04. The van der Waals surface area contributed by atoms with Crippen molar-refractivity contribution in [3.8, 4) is 6.07 Å². The van der Waals surface area contributed by atoms with Crippen LogP contribution in [0.5, 0.6) is 0 Å². The molecule has 0 saturated heterocycles. The van der Waals surface area contributed by atoms with Crippen molar-refractivity contribution < 1.29 is 9.59 Å². The molecule has 2 N–H and O–H groups in total. The van der Waals surface area contributed by atoms with E-state index in [0.29, 0.717) is 21.8 Å². The molecule has 170 valence electrons. The molecule has 2 aromatic carbocycles. The van der Waals surface area contributed by atoms with E-state index in [0.717, 1.165) is 41.9 Å². The third-order valence-corrected chi connectivity index (χ3v) is 8.67. The molecule has 33 heavy (non-hydrogen) atoms. The van der Waals surface area contributed by atoms with E-state index in [2.05, 4.69) is 10.6 Å². The van der Waals surface area contributed by atoms with Crippen LogP contribution in [0.2, 0.25) is 5.02 Å². The Bertz CT molecular complexity index is 1110. The summed E-state index contributed by atoms with van der Waals surface area (Å²) < 4.78 is 0. The number of anilines is 1. The topological polar surface area (TPSA) is 82.0 Å². The smallest absolute Gasteiger partial charge is 0.256 e. The fraction of sp³-hybridized carbons (Fsp3) is 0.423. The monoisotopic (exact) mass is 479 g/mol. The lowest BCUT2D eigenvalue weighted by atomic mass is 9.53. The Labute approximate surface area is 203 Å². The lowest BCUT2D eigenvalue weighted by Crippen LogP contribution is -2.60. The van der Waals surface area contributed by atoms with Crippen molar-refractivity contribution in [2.24, 2.45) is 17.8 Å². The van der Waals surface area contributed by atoms with E-state index < -0.39 is 0 Å². The highest BCUT2D eigenvalue weighted by atomic mass is 35.5. The van der Waals surface area contributed by atoms with Crippen LogP contribution in [0.15, 0.2) is 47.4 Å². The van der Waals surface area contributed by atoms with Gasteiger partial charge in [0.15, 0.2) is 0 Å². The van der Waals surface area contributed by atoms with Gasteiger partial charge < -0.3 is 10.6 Å². The molecule has 5 nitrogen and oxygen atoms in total. The number of carbonyl (C=O) groups is 2. The number of nitrogens with zero attached hydrogens (tertiary/aromatic N) is 1. The third kappa shape index (κ3) is 4.76. The minimum Gasteiger partial charge on any atom is -0.350 e. The Morgan fingerprint density at radius 1 is 1.06 bits per heavy atom. The first-order chi connectivity index (χ1) is 15.9. The van der Waals surface area contributed by atoms with E-state index in [9.17, 15) is 9.59 Å². The molecule has 0 atom stereocenters. The van der Waals surface area contributed by atoms with Gasteiger partial charge in [-0.25, -0.2) is 0 Å². The van der Waals surface area contributed by atoms with Crippen molar-refractivity contribution in [1.29, 1.82) is 5.26 Å². The molecule has 4 fully saturated rings. The highest BCUT2D eigenvalue weighted by Gasteiger charge is 2.51. The van der Waals surface area contributed by atoms with Crippen LogP contribution in [-0.4, -0.2) is 23.1 Å². The molecule has 4 aliphatic rings. The number of hydrogen-bond donors (Lipinski definition) is 2. The molecule has 4 bridgehead atoms. The van der Waals surface area contributed by atoms with Gasteiger partial charge in [-0.05, 0) is 86.6 Å². The summed E-state index contributed by atoms with van der Waals surface area (Å²) in [5.41, 5.74) is 1.38. The Balaban J connectivity index is 1.22. The molecule has 4 aliphatic carbocycles. The van der Waals surface area contributed by atoms with E-state index >= 15 is 0 Å². The summed E-state index contributed by atoms with van der Waals surface area (Å²) in [6.07, 6.45) is 7.41. The number of rotatable bonds is 6. The second-order valence-electron chi connectivity index (χ2n) is 9.79. The maximum atomic E-state index is 12.9. The quantitative estimate of drug-likeness (QED) is 0.525. The highest BCUT2D eigenvalue weighted by molar-refractivity contribution is 8.00. The van der Waals surface area contributed by atoms with Crippen LogP contribution in [0.4, 0.5) is 5.69 Å². The van der Waals surface area contributed by atoms with Crippen molar-refractivity contribution in [2.75, 3.05) is 11.1 Å². The summed E-state index contributed by atoms with van der Waals surface area (Å²) in [7, 11) is 0.